The molecule has 7 nitrogen and oxygen atoms in total. The summed E-state index contributed by atoms with van der Waals surface area (Å²) in [6, 6.07) is 0. The van der Waals surface area contributed by atoms with Crippen LogP contribution in [-0.2, 0) is 28.6 Å². The maximum atomic E-state index is 12.8. The van der Waals surface area contributed by atoms with E-state index in [9.17, 15) is 19.5 Å². The minimum atomic E-state index is -0.790. The van der Waals surface area contributed by atoms with Gasteiger partial charge in [-0.05, 0) is 32.1 Å². The largest absolute Gasteiger partial charge is 0.462 e. The molecule has 0 aromatic rings. The van der Waals surface area contributed by atoms with Gasteiger partial charge in [-0.15, -0.1) is 0 Å². The number of carbonyl (C=O) groups is 3. The van der Waals surface area contributed by atoms with E-state index in [1.165, 1.54) is 161 Å². The second-order valence-electron chi connectivity index (χ2n) is 17.6. The van der Waals surface area contributed by atoms with Crippen molar-refractivity contribution in [3.05, 3.63) is 0 Å². The summed E-state index contributed by atoms with van der Waals surface area (Å²) in [5.74, 6) is -0.932. The number of aliphatic hydroxyl groups is 1. The Morgan fingerprint density at radius 3 is 0.879 bits per heavy atom. The van der Waals surface area contributed by atoms with Crippen molar-refractivity contribution in [1.82, 2.24) is 0 Å². The highest BCUT2D eigenvalue weighted by molar-refractivity contribution is 5.71. The first kappa shape index (κ1) is 56.4. The molecule has 0 spiro atoms. The van der Waals surface area contributed by atoms with Gasteiger partial charge < -0.3 is 19.3 Å². The Labute approximate surface area is 360 Å². The van der Waals surface area contributed by atoms with Crippen LogP contribution in [0.15, 0.2) is 0 Å². The van der Waals surface area contributed by atoms with Crippen molar-refractivity contribution in [2.24, 2.45) is 0 Å². The summed E-state index contributed by atoms with van der Waals surface area (Å²) in [7, 11) is 0. The second-order valence-corrected chi connectivity index (χ2v) is 17.6. The minimum Gasteiger partial charge on any atom is -0.462 e. The minimum absolute atomic E-state index is 0.0873. The van der Waals surface area contributed by atoms with E-state index in [-0.39, 0.29) is 37.2 Å². The average Bonchev–Trinajstić information content (AvgIpc) is 3.21. The molecule has 0 bridgehead atoms. The van der Waals surface area contributed by atoms with Gasteiger partial charge in [0, 0.05) is 19.3 Å². The smallest absolute Gasteiger partial charge is 0.306 e. The Hall–Kier alpha value is -1.63. The number of rotatable bonds is 47. The maximum absolute atomic E-state index is 12.8. The van der Waals surface area contributed by atoms with E-state index in [2.05, 4.69) is 20.8 Å². The van der Waals surface area contributed by atoms with Gasteiger partial charge >= 0.3 is 17.9 Å². The molecular formula is C51H98O7. The van der Waals surface area contributed by atoms with Crippen molar-refractivity contribution < 1.29 is 33.7 Å². The number of esters is 3. The Morgan fingerprint density at radius 2 is 0.586 bits per heavy atom. The zero-order chi connectivity index (χ0) is 42.4. The first-order chi connectivity index (χ1) is 28.4. The highest BCUT2D eigenvalue weighted by Gasteiger charge is 2.19. The molecule has 2 unspecified atom stereocenters. The van der Waals surface area contributed by atoms with Gasteiger partial charge in [0.25, 0.3) is 0 Å². The molecule has 7 heteroatoms. The van der Waals surface area contributed by atoms with E-state index in [0.29, 0.717) is 19.3 Å². The van der Waals surface area contributed by atoms with Gasteiger partial charge in [-0.3, -0.25) is 14.4 Å². The summed E-state index contributed by atoms with van der Waals surface area (Å²) in [4.78, 5) is 37.9. The van der Waals surface area contributed by atoms with Gasteiger partial charge in [0.15, 0.2) is 6.10 Å². The molecule has 0 amide bonds. The van der Waals surface area contributed by atoms with E-state index in [1.807, 2.05) is 0 Å². The summed E-state index contributed by atoms with van der Waals surface area (Å²) in [6.07, 6.45) is 45.1. The van der Waals surface area contributed by atoms with E-state index >= 15 is 0 Å². The standard InChI is InChI=1S/C51H98O7/c1-4-7-10-13-16-18-20-22-24-26-28-31-37-42-49(53)56-45-48(58-51(55)44-39-32-29-27-25-23-21-19-17-14-11-8-5-2)46-57-50(54)43-38-34-33-36-41-47(52)40-35-30-15-12-9-6-3/h47-48,52H,4-46H2,1-3H3. The molecule has 0 heterocycles. The van der Waals surface area contributed by atoms with Crippen LogP contribution >= 0.6 is 0 Å². The van der Waals surface area contributed by atoms with Gasteiger partial charge in [0.05, 0.1) is 6.10 Å². The monoisotopic (exact) mass is 823 g/mol. The van der Waals surface area contributed by atoms with Crippen LogP contribution in [0.3, 0.4) is 0 Å². The van der Waals surface area contributed by atoms with Crippen LogP contribution in [0.4, 0.5) is 0 Å². The Bertz CT molecular complexity index is 877. The van der Waals surface area contributed by atoms with Crippen molar-refractivity contribution in [1.29, 1.82) is 0 Å². The summed E-state index contributed by atoms with van der Waals surface area (Å²) >= 11 is 0. The van der Waals surface area contributed by atoms with Crippen LogP contribution in [0.1, 0.15) is 284 Å². The van der Waals surface area contributed by atoms with E-state index < -0.39 is 6.10 Å². The van der Waals surface area contributed by atoms with Crippen molar-refractivity contribution in [2.75, 3.05) is 13.2 Å². The molecule has 0 aromatic carbocycles. The van der Waals surface area contributed by atoms with Crippen molar-refractivity contribution >= 4 is 17.9 Å². The fraction of sp³-hybridized carbons (Fsp3) is 0.941. The molecule has 1 N–H and O–H groups in total. The molecule has 58 heavy (non-hydrogen) atoms. The number of carbonyl (C=O) groups excluding carboxylic acids is 3. The van der Waals surface area contributed by atoms with Crippen molar-refractivity contribution in [3.63, 3.8) is 0 Å². The van der Waals surface area contributed by atoms with Crippen molar-refractivity contribution in [3.8, 4) is 0 Å². The molecule has 0 saturated carbocycles. The highest BCUT2D eigenvalue weighted by atomic mass is 16.6. The third kappa shape index (κ3) is 43.9. The number of hydrogen-bond acceptors (Lipinski definition) is 7. The Kier molecular flexibility index (Phi) is 45.1. The zero-order valence-corrected chi connectivity index (χ0v) is 39.0. The van der Waals surface area contributed by atoms with Crippen LogP contribution in [0.5, 0.6) is 0 Å². The maximum Gasteiger partial charge on any atom is 0.306 e. The van der Waals surface area contributed by atoms with E-state index in [0.717, 1.165) is 83.5 Å². The van der Waals surface area contributed by atoms with E-state index in [4.69, 9.17) is 14.2 Å². The average molecular weight is 823 g/mol. The molecular weight excluding hydrogens is 725 g/mol. The predicted octanol–water partition coefficient (Wildman–Crippen LogP) is 15.4. The molecule has 0 aliphatic heterocycles. The van der Waals surface area contributed by atoms with Gasteiger partial charge in [0.1, 0.15) is 13.2 Å². The first-order valence-electron chi connectivity index (χ1n) is 25.6. The van der Waals surface area contributed by atoms with E-state index in [1.54, 1.807) is 0 Å². The van der Waals surface area contributed by atoms with Crippen LogP contribution in [-0.4, -0.2) is 48.4 Å². The van der Waals surface area contributed by atoms with Crippen molar-refractivity contribution in [2.45, 2.75) is 296 Å². The van der Waals surface area contributed by atoms with Crippen LogP contribution in [0.25, 0.3) is 0 Å². The number of aliphatic hydroxyl groups excluding tert-OH is 1. The summed E-state index contributed by atoms with van der Waals surface area (Å²) in [5.41, 5.74) is 0. The lowest BCUT2D eigenvalue weighted by Crippen LogP contribution is -2.30. The fourth-order valence-corrected chi connectivity index (χ4v) is 7.76. The molecule has 0 saturated heterocycles. The lowest BCUT2D eigenvalue weighted by Gasteiger charge is -2.18. The van der Waals surface area contributed by atoms with Gasteiger partial charge in [-0.1, -0.05) is 233 Å². The van der Waals surface area contributed by atoms with Gasteiger partial charge in [-0.2, -0.15) is 0 Å². The topological polar surface area (TPSA) is 99.1 Å². The molecule has 0 aliphatic rings. The van der Waals surface area contributed by atoms with Gasteiger partial charge in [-0.25, -0.2) is 0 Å². The quantitative estimate of drug-likeness (QED) is 0.0371. The molecule has 2 atom stereocenters. The summed E-state index contributed by atoms with van der Waals surface area (Å²) in [6.45, 7) is 6.57. The fourth-order valence-electron chi connectivity index (χ4n) is 7.76. The Balaban J connectivity index is 4.37. The second kappa shape index (κ2) is 46.4. The summed E-state index contributed by atoms with van der Waals surface area (Å²) < 4.78 is 16.7. The zero-order valence-electron chi connectivity index (χ0n) is 39.0. The Morgan fingerprint density at radius 1 is 0.345 bits per heavy atom. The lowest BCUT2D eigenvalue weighted by atomic mass is 10.0. The SMILES string of the molecule is CCCCCCCCCCCCCCCC(=O)OCC(COC(=O)CCCCCCC(O)CCCCCCCC)OC(=O)CCCCCCCCCCCCCCC. The summed E-state index contributed by atoms with van der Waals surface area (Å²) in [5, 5.41) is 10.3. The molecule has 0 aliphatic carbocycles. The van der Waals surface area contributed by atoms with Gasteiger partial charge in [0.2, 0.25) is 0 Å². The number of hydrogen-bond donors (Lipinski definition) is 1. The highest BCUT2D eigenvalue weighted by Crippen LogP contribution is 2.17. The third-order valence-corrected chi connectivity index (χ3v) is 11.7. The number of ether oxygens (including phenoxy) is 3. The first-order valence-corrected chi connectivity index (χ1v) is 25.6. The normalized spacial score (nSPS) is 12.4. The molecule has 0 fully saturated rings. The van der Waals surface area contributed by atoms with Crippen LogP contribution in [0.2, 0.25) is 0 Å². The lowest BCUT2D eigenvalue weighted by molar-refractivity contribution is -0.167. The molecule has 0 rings (SSSR count). The molecule has 0 radical (unpaired) electrons. The predicted molar refractivity (Wildman–Crippen MR) is 244 cm³/mol. The third-order valence-electron chi connectivity index (χ3n) is 11.7. The molecule has 344 valence electrons. The van der Waals surface area contributed by atoms with Crippen LogP contribution < -0.4 is 0 Å². The van der Waals surface area contributed by atoms with Crippen LogP contribution in [0, 0.1) is 0 Å². The molecule has 0 aromatic heterocycles. The number of unbranched alkanes of at least 4 members (excludes halogenated alkanes) is 32.